The van der Waals surface area contributed by atoms with Crippen molar-refractivity contribution >= 4 is 48.5 Å². The molecule has 0 saturated carbocycles. The minimum absolute atomic E-state index is 0. The maximum atomic E-state index is 10.9. The molecule has 2 aliphatic rings. The minimum atomic E-state index is -0.838. The Morgan fingerprint density at radius 2 is 2.21 bits per heavy atom. The summed E-state index contributed by atoms with van der Waals surface area (Å²) < 4.78 is 0. The van der Waals surface area contributed by atoms with Gasteiger partial charge in [-0.2, -0.15) is 0 Å². The summed E-state index contributed by atoms with van der Waals surface area (Å²) in [5, 5.41) is 8.23. The van der Waals surface area contributed by atoms with E-state index in [1.165, 1.54) is 11.8 Å². The number of hydrogen-bond donors (Lipinski definition) is 1. The van der Waals surface area contributed by atoms with Crippen LogP contribution in [0.4, 0.5) is 0 Å². The van der Waals surface area contributed by atoms with Crippen LogP contribution >= 0.6 is 36.6 Å². The lowest BCUT2D eigenvalue weighted by atomic mass is 10.2. The Balaban J connectivity index is 0.000000845. The topological polar surface area (TPSA) is 57.6 Å². The van der Waals surface area contributed by atoms with E-state index in [1.54, 1.807) is 17.2 Å². The number of rotatable bonds is 1. The van der Waals surface area contributed by atoms with Crippen LogP contribution in [0.2, 0.25) is 0 Å². The van der Waals surface area contributed by atoms with Crippen LogP contribution in [-0.2, 0) is 9.59 Å². The smallest absolute Gasteiger partial charge is 0.320 e. The minimum Gasteiger partial charge on any atom is -0.480 e. The summed E-state index contributed by atoms with van der Waals surface area (Å²) >= 11 is 1.31. The van der Waals surface area contributed by atoms with Gasteiger partial charge in [-0.15, -0.1) is 36.6 Å². The van der Waals surface area contributed by atoms with Crippen LogP contribution in [0.25, 0.3) is 0 Å². The highest BCUT2D eigenvalue weighted by Gasteiger charge is 2.40. The van der Waals surface area contributed by atoms with E-state index < -0.39 is 11.2 Å². The van der Waals surface area contributed by atoms with E-state index >= 15 is 0 Å². The fourth-order valence-corrected chi connectivity index (χ4v) is 2.39. The number of amides is 1. The average molecular weight is 258 g/mol. The molecule has 1 unspecified atom stereocenters. The second kappa shape index (κ2) is 4.91. The molecule has 1 N–H and O–H groups in total. The van der Waals surface area contributed by atoms with Crippen molar-refractivity contribution in [2.75, 3.05) is 0 Å². The number of β-lactam (4-membered cyclic amide) rings is 1. The summed E-state index contributed by atoms with van der Waals surface area (Å²) in [5.74, 6) is -0.761. The van der Waals surface area contributed by atoms with Gasteiger partial charge in [0.2, 0.25) is 5.91 Å². The third-order valence-electron chi connectivity index (χ3n) is 1.92. The van der Waals surface area contributed by atoms with Crippen molar-refractivity contribution in [2.24, 2.45) is 0 Å². The van der Waals surface area contributed by atoms with Gasteiger partial charge in [0.1, 0.15) is 5.25 Å². The van der Waals surface area contributed by atoms with Crippen LogP contribution < -0.4 is 0 Å². The normalized spacial score (nSPS) is 28.0. The first-order chi connectivity index (χ1) is 5.68. The lowest BCUT2D eigenvalue weighted by molar-refractivity contribution is -0.139. The van der Waals surface area contributed by atoms with Crippen molar-refractivity contribution in [2.45, 2.75) is 17.0 Å². The molecule has 0 spiro atoms. The van der Waals surface area contributed by atoms with Crippen LogP contribution in [0.1, 0.15) is 6.42 Å². The highest BCUT2D eigenvalue weighted by Crippen LogP contribution is 2.36. The second-order valence-electron chi connectivity index (χ2n) is 2.70. The fraction of sp³-hybridized carbons (Fsp3) is 0.429. The van der Waals surface area contributed by atoms with Gasteiger partial charge >= 0.3 is 5.97 Å². The van der Waals surface area contributed by atoms with Crippen molar-refractivity contribution in [1.29, 1.82) is 0 Å². The number of carbonyl (C=O) groups is 2. The van der Waals surface area contributed by atoms with Crippen molar-refractivity contribution in [1.82, 2.24) is 4.90 Å². The van der Waals surface area contributed by atoms with Crippen LogP contribution in [-0.4, -0.2) is 32.5 Å². The van der Waals surface area contributed by atoms with E-state index in [1.807, 2.05) is 0 Å². The highest BCUT2D eigenvalue weighted by atomic mass is 35.5. The molecule has 0 aromatic heterocycles. The van der Waals surface area contributed by atoms with E-state index in [-0.39, 0.29) is 36.1 Å². The molecule has 0 aromatic rings. The van der Waals surface area contributed by atoms with Gasteiger partial charge in [0, 0.05) is 6.20 Å². The Morgan fingerprint density at radius 1 is 1.57 bits per heavy atom. The molecule has 0 bridgehead atoms. The van der Waals surface area contributed by atoms with Gasteiger partial charge in [-0.25, -0.2) is 0 Å². The van der Waals surface area contributed by atoms with E-state index in [2.05, 4.69) is 0 Å². The molecule has 0 radical (unpaired) electrons. The first-order valence-corrected chi connectivity index (χ1v) is 4.50. The van der Waals surface area contributed by atoms with Gasteiger partial charge < -0.3 is 10.0 Å². The number of carboxylic acids is 1. The van der Waals surface area contributed by atoms with Crippen molar-refractivity contribution in [3.63, 3.8) is 0 Å². The van der Waals surface area contributed by atoms with Gasteiger partial charge in [0.25, 0.3) is 0 Å². The summed E-state index contributed by atoms with van der Waals surface area (Å²) in [5.41, 5.74) is 0. The number of thioether (sulfide) groups is 1. The summed E-state index contributed by atoms with van der Waals surface area (Å²) in [6.07, 6.45) is 3.59. The van der Waals surface area contributed by atoms with Crippen LogP contribution in [0.3, 0.4) is 0 Å². The number of fused-ring (bicyclic) bond motifs is 1. The summed E-state index contributed by atoms with van der Waals surface area (Å²) in [4.78, 5) is 23.0. The van der Waals surface area contributed by atoms with Gasteiger partial charge in [0.05, 0.1) is 11.8 Å². The standard InChI is InChI=1S/C7H7NO3S.2ClH/c9-5-3-6-8(5)2-1-4(12-6)7(10)11;;/h1-2,4,6H,3H2,(H,10,11);2*1H/t4?,6-;;/m1../s1. The number of carboxylic acid groups (broad SMARTS) is 1. The number of nitrogens with zero attached hydrogens (tertiary/aromatic N) is 1. The van der Waals surface area contributed by atoms with E-state index in [4.69, 9.17) is 5.11 Å². The zero-order chi connectivity index (χ0) is 8.72. The Bertz CT molecular complexity index is 284. The summed E-state index contributed by atoms with van der Waals surface area (Å²) in [6.45, 7) is 0. The molecule has 80 valence electrons. The highest BCUT2D eigenvalue weighted by molar-refractivity contribution is 8.01. The molecule has 4 nitrogen and oxygen atoms in total. The molecule has 2 rings (SSSR count). The maximum Gasteiger partial charge on any atom is 0.320 e. The Hall–Kier alpha value is -0.390. The van der Waals surface area contributed by atoms with Crippen LogP contribution in [0.5, 0.6) is 0 Å². The number of hydrogen-bond acceptors (Lipinski definition) is 3. The Kier molecular flexibility index (Phi) is 4.77. The zero-order valence-corrected chi connectivity index (χ0v) is 9.40. The molecular weight excluding hydrogens is 249 g/mol. The molecule has 2 atom stereocenters. The lowest BCUT2D eigenvalue weighted by Gasteiger charge is -2.40. The zero-order valence-electron chi connectivity index (χ0n) is 6.95. The summed E-state index contributed by atoms with van der Waals surface area (Å²) in [7, 11) is 0. The first kappa shape index (κ1) is 13.6. The first-order valence-electron chi connectivity index (χ1n) is 3.56. The Labute approximate surface area is 97.5 Å². The molecular formula is C7H9Cl2NO3S. The molecule has 0 aromatic carbocycles. The van der Waals surface area contributed by atoms with E-state index in [0.29, 0.717) is 6.42 Å². The van der Waals surface area contributed by atoms with Gasteiger partial charge in [-0.1, -0.05) is 0 Å². The Morgan fingerprint density at radius 3 is 2.64 bits per heavy atom. The predicted octanol–water partition coefficient (Wildman–Crippen LogP) is 1.10. The predicted molar refractivity (Wildman–Crippen MR) is 57.9 cm³/mol. The number of carbonyl (C=O) groups excluding carboxylic acids is 1. The van der Waals surface area contributed by atoms with Crippen LogP contribution in [0.15, 0.2) is 12.3 Å². The van der Waals surface area contributed by atoms with E-state index in [9.17, 15) is 9.59 Å². The monoisotopic (exact) mass is 257 g/mol. The van der Waals surface area contributed by atoms with Gasteiger partial charge in [-0.05, 0) is 6.08 Å². The SMILES string of the molecule is Cl.Cl.O=C(O)C1C=CN2C(=O)C[C@H]2S1. The second-order valence-corrected chi connectivity index (χ2v) is 4.02. The molecule has 0 aliphatic carbocycles. The quantitative estimate of drug-likeness (QED) is 0.715. The van der Waals surface area contributed by atoms with Crippen molar-refractivity contribution in [3.05, 3.63) is 12.3 Å². The molecule has 14 heavy (non-hydrogen) atoms. The largest absolute Gasteiger partial charge is 0.480 e. The number of halogens is 2. The fourth-order valence-electron chi connectivity index (χ4n) is 1.22. The number of aliphatic carboxylic acids is 1. The summed E-state index contributed by atoms with van der Waals surface area (Å²) in [6, 6.07) is 0. The van der Waals surface area contributed by atoms with Gasteiger partial charge in [-0.3, -0.25) is 9.59 Å². The average Bonchev–Trinajstić information content (AvgIpc) is 2.01. The molecule has 1 amide bonds. The third kappa shape index (κ3) is 2.16. The molecule has 7 heteroatoms. The molecule has 2 aliphatic heterocycles. The molecule has 1 fully saturated rings. The van der Waals surface area contributed by atoms with Gasteiger partial charge in [0.15, 0.2) is 0 Å². The van der Waals surface area contributed by atoms with Crippen LogP contribution in [0, 0.1) is 0 Å². The maximum absolute atomic E-state index is 10.9. The third-order valence-corrected chi connectivity index (χ3v) is 3.28. The lowest BCUT2D eigenvalue weighted by Crippen LogP contribution is -2.50. The van der Waals surface area contributed by atoms with E-state index in [0.717, 1.165) is 0 Å². The molecule has 1 saturated heterocycles. The van der Waals surface area contributed by atoms with Crippen molar-refractivity contribution < 1.29 is 14.7 Å². The molecule has 2 heterocycles. The van der Waals surface area contributed by atoms with Crippen molar-refractivity contribution in [3.8, 4) is 0 Å².